The fourth-order valence-electron chi connectivity index (χ4n) is 2.92. The average molecular weight is 308 g/mol. The van der Waals surface area contributed by atoms with E-state index in [4.69, 9.17) is 21.1 Å². The molecule has 0 amide bonds. The number of rotatable bonds is 0. The van der Waals surface area contributed by atoms with Crippen LogP contribution in [0.2, 0.25) is 5.02 Å². The summed E-state index contributed by atoms with van der Waals surface area (Å²) in [5.74, 6) is 2.88. The number of aromatic nitrogens is 1. The van der Waals surface area contributed by atoms with Crippen molar-refractivity contribution in [2.45, 2.75) is 0 Å². The van der Waals surface area contributed by atoms with Crippen LogP contribution in [-0.4, -0.2) is 4.98 Å². The van der Waals surface area contributed by atoms with Crippen LogP contribution in [0.1, 0.15) is 0 Å². The van der Waals surface area contributed by atoms with E-state index < -0.39 is 0 Å². The van der Waals surface area contributed by atoms with Crippen molar-refractivity contribution in [1.82, 2.24) is 4.98 Å². The maximum atomic E-state index is 6.12. The van der Waals surface area contributed by atoms with Crippen LogP contribution in [0.15, 0.2) is 54.6 Å². The molecule has 0 saturated heterocycles. The fourth-order valence-corrected chi connectivity index (χ4v) is 3.10. The number of halogens is 1. The van der Waals surface area contributed by atoms with Crippen molar-refractivity contribution in [1.29, 1.82) is 0 Å². The quantitative estimate of drug-likeness (QED) is 0.388. The Kier molecular flexibility index (Phi) is 2.27. The number of aromatic amines is 1. The number of hydrogen-bond acceptors (Lipinski definition) is 2. The van der Waals surface area contributed by atoms with Crippen molar-refractivity contribution >= 4 is 33.4 Å². The minimum Gasteiger partial charge on any atom is -0.449 e. The van der Waals surface area contributed by atoms with Crippen LogP contribution < -0.4 is 9.47 Å². The Labute approximate surface area is 131 Å². The number of benzene rings is 3. The first-order chi connectivity index (χ1) is 10.8. The molecule has 4 heteroatoms. The van der Waals surface area contributed by atoms with Gasteiger partial charge < -0.3 is 14.5 Å². The third-order valence-corrected chi connectivity index (χ3v) is 4.17. The van der Waals surface area contributed by atoms with Gasteiger partial charge in [0.2, 0.25) is 0 Å². The van der Waals surface area contributed by atoms with Gasteiger partial charge in [-0.2, -0.15) is 0 Å². The highest BCUT2D eigenvalue weighted by molar-refractivity contribution is 6.31. The zero-order valence-electron chi connectivity index (χ0n) is 11.4. The van der Waals surface area contributed by atoms with Crippen LogP contribution in [0.25, 0.3) is 21.8 Å². The summed E-state index contributed by atoms with van der Waals surface area (Å²) in [6.45, 7) is 0. The predicted molar refractivity (Wildman–Crippen MR) is 87.4 cm³/mol. The Balaban J connectivity index is 1.82. The molecule has 0 radical (unpaired) electrons. The highest BCUT2D eigenvalue weighted by Gasteiger charge is 2.22. The van der Waals surface area contributed by atoms with E-state index in [2.05, 4.69) is 4.98 Å². The third kappa shape index (κ3) is 1.57. The standard InChI is InChI=1S/C18H10ClNO2/c19-10-5-7-13-12(9-10)11-6-8-16-18(17(11)20-13)22-15-4-2-1-3-14(15)21-16/h1-9,20H. The van der Waals surface area contributed by atoms with Gasteiger partial charge in [0.1, 0.15) is 0 Å². The van der Waals surface area contributed by atoms with Gasteiger partial charge in [-0.05, 0) is 42.5 Å². The molecule has 0 fully saturated rings. The van der Waals surface area contributed by atoms with Gasteiger partial charge in [-0.3, -0.25) is 0 Å². The number of fused-ring (bicyclic) bond motifs is 6. The number of nitrogens with one attached hydrogen (secondary N) is 1. The largest absolute Gasteiger partial charge is 0.449 e. The van der Waals surface area contributed by atoms with Crippen molar-refractivity contribution in [3.63, 3.8) is 0 Å². The lowest BCUT2D eigenvalue weighted by atomic mass is 10.1. The van der Waals surface area contributed by atoms with E-state index >= 15 is 0 Å². The van der Waals surface area contributed by atoms with Gasteiger partial charge in [0.25, 0.3) is 0 Å². The fraction of sp³-hybridized carbons (Fsp3) is 0. The van der Waals surface area contributed by atoms with Gasteiger partial charge in [-0.1, -0.05) is 23.7 Å². The van der Waals surface area contributed by atoms with Gasteiger partial charge in [-0.15, -0.1) is 0 Å². The first kappa shape index (κ1) is 12.0. The molecular weight excluding hydrogens is 298 g/mol. The molecule has 5 rings (SSSR count). The molecule has 0 aliphatic carbocycles. The molecule has 1 N–H and O–H groups in total. The molecule has 2 heterocycles. The van der Waals surface area contributed by atoms with Gasteiger partial charge >= 0.3 is 0 Å². The lowest BCUT2D eigenvalue weighted by Gasteiger charge is -2.20. The molecule has 4 aromatic rings. The Bertz CT molecular complexity index is 1050. The van der Waals surface area contributed by atoms with Crippen LogP contribution in [0.5, 0.6) is 23.0 Å². The Hall–Kier alpha value is -2.65. The summed E-state index contributed by atoms with van der Waals surface area (Å²) in [5, 5.41) is 2.86. The summed E-state index contributed by atoms with van der Waals surface area (Å²) in [6, 6.07) is 17.4. The zero-order valence-corrected chi connectivity index (χ0v) is 12.1. The van der Waals surface area contributed by atoms with E-state index in [1.54, 1.807) is 0 Å². The van der Waals surface area contributed by atoms with Gasteiger partial charge in [-0.25, -0.2) is 0 Å². The second kappa shape index (κ2) is 4.18. The van der Waals surface area contributed by atoms with Crippen LogP contribution in [0.3, 0.4) is 0 Å². The molecule has 0 saturated carbocycles. The summed E-state index contributed by atoms with van der Waals surface area (Å²) >= 11 is 6.12. The molecule has 0 bridgehead atoms. The summed E-state index contributed by atoms with van der Waals surface area (Å²) in [6.07, 6.45) is 0. The molecule has 3 nitrogen and oxygen atoms in total. The lowest BCUT2D eigenvalue weighted by Crippen LogP contribution is -1.98. The highest BCUT2D eigenvalue weighted by atomic mass is 35.5. The Morgan fingerprint density at radius 2 is 1.59 bits per heavy atom. The number of H-pyrrole nitrogens is 1. The first-order valence-corrected chi connectivity index (χ1v) is 7.36. The highest BCUT2D eigenvalue weighted by Crippen LogP contribution is 2.49. The minimum absolute atomic E-state index is 0.712. The molecule has 0 unspecified atom stereocenters. The Morgan fingerprint density at radius 3 is 2.45 bits per heavy atom. The second-order valence-electron chi connectivity index (χ2n) is 5.28. The number of ether oxygens (including phenoxy) is 2. The van der Waals surface area contributed by atoms with Crippen molar-refractivity contribution in [2.75, 3.05) is 0 Å². The second-order valence-corrected chi connectivity index (χ2v) is 5.72. The molecule has 1 aliphatic heterocycles. The van der Waals surface area contributed by atoms with Crippen LogP contribution in [0.4, 0.5) is 0 Å². The summed E-state index contributed by atoms with van der Waals surface area (Å²) in [5.41, 5.74) is 1.94. The van der Waals surface area contributed by atoms with Gasteiger partial charge in [0, 0.05) is 21.3 Å². The van der Waals surface area contributed by atoms with Crippen molar-refractivity contribution in [2.24, 2.45) is 0 Å². The topological polar surface area (TPSA) is 34.2 Å². The van der Waals surface area contributed by atoms with Crippen molar-refractivity contribution in [3.05, 3.63) is 59.6 Å². The molecule has 0 spiro atoms. The summed E-state index contributed by atoms with van der Waals surface area (Å²) < 4.78 is 12.0. The lowest BCUT2D eigenvalue weighted by molar-refractivity contribution is 0.363. The Morgan fingerprint density at radius 1 is 0.773 bits per heavy atom. The maximum Gasteiger partial charge on any atom is 0.194 e. The zero-order chi connectivity index (χ0) is 14.7. The molecule has 106 valence electrons. The molecule has 0 atom stereocenters. The van der Waals surface area contributed by atoms with Crippen molar-refractivity contribution in [3.8, 4) is 23.0 Å². The van der Waals surface area contributed by atoms with E-state index in [-0.39, 0.29) is 0 Å². The van der Waals surface area contributed by atoms with Gasteiger partial charge in [0.15, 0.2) is 23.0 Å². The first-order valence-electron chi connectivity index (χ1n) is 6.98. The van der Waals surface area contributed by atoms with E-state index in [1.807, 2.05) is 54.6 Å². The molecule has 22 heavy (non-hydrogen) atoms. The molecular formula is C18H10ClNO2. The van der Waals surface area contributed by atoms with Crippen LogP contribution in [-0.2, 0) is 0 Å². The average Bonchev–Trinajstić information content (AvgIpc) is 2.91. The number of hydrogen-bond donors (Lipinski definition) is 1. The van der Waals surface area contributed by atoms with Crippen LogP contribution >= 0.6 is 11.6 Å². The third-order valence-electron chi connectivity index (χ3n) is 3.93. The van der Waals surface area contributed by atoms with Gasteiger partial charge in [0.05, 0.1) is 5.52 Å². The van der Waals surface area contributed by atoms with Crippen molar-refractivity contribution < 1.29 is 9.47 Å². The maximum absolute atomic E-state index is 6.12. The van der Waals surface area contributed by atoms with E-state index in [0.29, 0.717) is 16.5 Å². The summed E-state index contributed by atoms with van der Waals surface area (Å²) in [4.78, 5) is 3.40. The van der Waals surface area contributed by atoms with E-state index in [1.165, 1.54) is 0 Å². The molecule has 1 aliphatic rings. The minimum atomic E-state index is 0.712. The van der Waals surface area contributed by atoms with Crippen LogP contribution in [0, 0.1) is 0 Å². The molecule has 1 aromatic heterocycles. The van der Waals surface area contributed by atoms with E-state index in [0.717, 1.165) is 33.3 Å². The van der Waals surface area contributed by atoms with E-state index in [9.17, 15) is 0 Å². The SMILES string of the molecule is Clc1ccc2[nH]c3c4c(ccc3c2c1)Oc1ccccc1O4. The predicted octanol–water partition coefficient (Wildman–Crippen LogP) is 5.87. The monoisotopic (exact) mass is 307 g/mol. The molecule has 3 aromatic carbocycles. The summed E-state index contributed by atoms with van der Waals surface area (Å²) in [7, 11) is 0. The normalized spacial score (nSPS) is 12.6. The number of para-hydroxylation sites is 2. The smallest absolute Gasteiger partial charge is 0.194 e.